The molecule has 0 aromatic heterocycles. The number of rotatable bonds is 5. The molecule has 1 atom stereocenters. The molecule has 14 heavy (non-hydrogen) atoms. The van der Waals surface area contributed by atoms with E-state index in [-0.39, 0.29) is 5.91 Å². The molecule has 1 amide bonds. The van der Waals surface area contributed by atoms with Crippen molar-refractivity contribution >= 4 is 5.91 Å². The molecule has 0 aromatic rings. The first-order valence-electron chi connectivity index (χ1n) is 5.22. The molecular formula is C10H20N2O2. The summed E-state index contributed by atoms with van der Waals surface area (Å²) < 4.78 is 5.10. The van der Waals surface area contributed by atoms with Crippen molar-refractivity contribution in [2.45, 2.75) is 25.3 Å². The van der Waals surface area contributed by atoms with Crippen LogP contribution in [-0.4, -0.2) is 50.7 Å². The number of nitrogens with zero attached hydrogens (tertiary/aromatic N) is 1. The molecule has 0 aliphatic carbocycles. The van der Waals surface area contributed by atoms with Crippen molar-refractivity contribution in [3.05, 3.63) is 0 Å². The summed E-state index contributed by atoms with van der Waals surface area (Å²) in [5, 5.41) is 2.99. The van der Waals surface area contributed by atoms with E-state index < -0.39 is 0 Å². The molecule has 82 valence electrons. The fraction of sp³-hybridized carbons (Fsp3) is 0.900. The van der Waals surface area contributed by atoms with Crippen molar-refractivity contribution in [3.8, 4) is 0 Å². The zero-order valence-electron chi connectivity index (χ0n) is 9.08. The molecule has 0 saturated carbocycles. The summed E-state index contributed by atoms with van der Waals surface area (Å²) in [5.74, 6) is 0.249. The van der Waals surface area contributed by atoms with E-state index in [1.807, 2.05) is 11.9 Å². The Bertz CT molecular complexity index is 185. The first-order chi connectivity index (χ1) is 6.79. The van der Waals surface area contributed by atoms with Crippen LogP contribution in [-0.2, 0) is 9.53 Å². The van der Waals surface area contributed by atoms with Gasteiger partial charge in [0.25, 0.3) is 0 Å². The van der Waals surface area contributed by atoms with E-state index in [0.717, 1.165) is 25.9 Å². The lowest BCUT2D eigenvalue weighted by molar-refractivity contribution is -0.132. The van der Waals surface area contributed by atoms with Gasteiger partial charge in [0.1, 0.15) is 0 Å². The van der Waals surface area contributed by atoms with Gasteiger partial charge in [-0.05, 0) is 19.9 Å². The fourth-order valence-electron chi connectivity index (χ4n) is 1.91. The second-order valence-corrected chi connectivity index (χ2v) is 3.69. The third kappa shape index (κ3) is 2.96. The number of likely N-dealkylation sites (tertiary alicyclic amines) is 1. The summed E-state index contributed by atoms with van der Waals surface area (Å²) in [7, 11) is 3.55. The summed E-state index contributed by atoms with van der Waals surface area (Å²) in [6.45, 7) is 2.33. The van der Waals surface area contributed by atoms with Crippen LogP contribution in [0.3, 0.4) is 0 Å². The maximum Gasteiger partial charge on any atom is 0.224 e. The van der Waals surface area contributed by atoms with Gasteiger partial charge in [-0.15, -0.1) is 0 Å². The molecule has 1 heterocycles. The summed E-state index contributed by atoms with van der Waals surface area (Å²) in [6.07, 6.45) is 2.79. The standard InChI is InChI=1S/C10H20N2O2/c1-11-6-5-10(13)12-7-3-4-9(12)8-14-2/h9,11H,3-8H2,1-2H3/t9-/m0/s1. The molecule has 1 saturated heterocycles. The predicted molar refractivity (Wildman–Crippen MR) is 55.2 cm³/mol. The monoisotopic (exact) mass is 200 g/mol. The second-order valence-electron chi connectivity index (χ2n) is 3.69. The van der Waals surface area contributed by atoms with E-state index in [0.29, 0.717) is 19.1 Å². The number of nitrogens with one attached hydrogen (secondary N) is 1. The Morgan fingerprint density at radius 1 is 1.64 bits per heavy atom. The molecule has 1 aliphatic rings. The van der Waals surface area contributed by atoms with E-state index in [1.54, 1.807) is 7.11 Å². The van der Waals surface area contributed by atoms with Gasteiger partial charge in [0.2, 0.25) is 5.91 Å². The Balaban J connectivity index is 2.36. The van der Waals surface area contributed by atoms with Gasteiger partial charge in [0.15, 0.2) is 0 Å². The van der Waals surface area contributed by atoms with Crippen LogP contribution in [0.15, 0.2) is 0 Å². The van der Waals surface area contributed by atoms with E-state index in [4.69, 9.17) is 4.74 Å². The Hall–Kier alpha value is -0.610. The largest absolute Gasteiger partial charge is 0.383 e. The average Bonchev–Trinajstić information content (AvgIpc) is 2.63. The van der Waals surface area contributed by atoms with Gasteiger partial charge >= 0.3 is 0 Å². The number of ether oxygens (including phenoxy) is 1. The van der Waals surface area contributed by atoms with Gasteiger partial charge < -0.3 is 15.0 Å². The molecule has 0 bridgehead atoms. The van der Waals surface area contributed by atoms with E-state index >= 15 is 0 Å². The van der Waals surface area contributed by atoms with Crippen molar-refractivity contribution in [2.75, 3.05) is 33.9 Å². The lowest BCUT2D eigenvalue weighted by atomic mass is 10.2. The normalized spacial score (nSPS) is 21.6. The Morgan fingerprint density at radius 3 is 3.07 bits per heavy atom. The lowest BCUT2D eigenvalue weighted by Crippen LogP contribution is -2.39. The number of hydrogen-bond acceptors (Lipinski definition) is 3. The number of carbonyl (C=O) groups excluding carboxylic acids is 1. The van der Waals surface area contributed by atoms with Crippen LogP contribution in [0.5, 0.6) is 0 Å². The van der Waals surface area contributed by atoms with Gasteiger partial charge in [-0.25, -0.2) is 0 Å². The SMILES string of the molecule is CNCCC(=O)N1CCC[C@H]1COC. The van der Waals surface area contributed by atoms with Crippen molar-refractivity contribution in [1.29, 1.82) is 0 Å². The second kappa shape index (κ2) is 5.98. The van der Waals surface area contributed by atoms with Crippen LogP contribution in [0.4, 0.5) is 0 Å². The summed E-state index contributed by atoms with van der Waals surface area (Å²) in [5.41, 5.74) is 0. The molecule has 0 unspecified atom stereocenters. The molecule has 1 aliphatic heterocycles. The number of methoxy groups -OCH3 is 1. The molecular weight excluding hydrogens is 180 g/mol. The van der Waals surface area contributed by atoms with E-state index in [2.05, 4.69) is 5.32 Å². The Labute approximate surface area is 85.6 Å². The summed E-state index contributed by atoms with van der Waals surface area (Å²) in [6, 6.07) is 0.310. The third-order valence-corrected chi connectivity index (χ3v) is 2.65. The topological polar surface area (TPSA) is 41.6 Å². The summed E-state index contributed by atoms with van der Waals surface area (Å²) in [4.78, 5) is 13.7. The van der Waals surface area contributed by atoms with Gasteiger partial charge in [0.05, 0.1) is 12.6 Å². The van der Waals surface area contributed by atoms with Crippen LogP contribution in [0.2, 0.25) is 0 Å². The predicted octanol–water partition coefficient (Wildman–Crippen LogP) is 0.233. The minimum atomic E-state index is 0.249. The molecule has 4 nitrogen and oxygen atoms in total. The first-order valence-corrected chi connectivity index (χ1v) is 5.22. The molecule has 1 fully saturated rings. The van der Waals surface area contributed by atoms with Gasteiger partial charge in [-0.1, -0.05) is 0 Å². The average molecular weight is 200 g/mol. The minimum Gasteiger partial charge on any atom is -0.383 e. The van der Waals surface area contributed by atoms with Crippen LogP contribution in [0.1, 0.15) is 19.3 Å². The van der Waals surface area contributed by atoms with Gasteiger partial charge in [-0.2, -0.15) is 0 Å². The van der Waals surface area contributed by atoms with Crippen molar-refractivity contribution in [1.82, 2.24) is 10.2 Å². The third-order valence-electron chi connectivity index (χ3n) is 2.65. The number of carbonyl (C=O) groups is 1. The maximum absolute atomic E-state index is 11.7. The Morgan fingerprint density at radius 2 is 2.43 bits per heavy atom. The highest BCUT2D eigenvalue weighted by Gasteiger charge is 2.27. The van der Waals surface area contributed by atoms with Crippen LogP contribution >= 0.6 is 0 Å². The van der Waals surface area contributed by atoms with Gasteiger partial charge in [-0.3, -0.25) is 4.79 Å². The molecule has 0 radical (unpaired) electrons. The van der Waals surface area contributed by atoms with Crippen LogP contribution in [0.25, 0.3) is 0 Å². The van der Waals surface area contributed by atoms with E-state index in [1.165, 1.54) is 0 Å². The zero-order chi connectivity index (χ0) is 10.4. The highest BCUT2D eigenvalue weighted by atomic mass is 16.5. The number of hydrogen-bond donors (Lipinski definition) is 1. The van der Waals surface area contributed by atoms with Crippen molar-refractivity contribution in [3.63, 3.8) is 0 Å². The molecule has 0 spiro atoms. The van der Waals surface area contributed by atoms with E-state index in [9.17, 15) is 4.79 Å². The molecule has 0 aromatic carbocycles. The first kappa shape index (κ1) is 11.5. The molecule has 1 rings (SSSR count). The summed E-state index contributed by atoms with van der Waals surface area (Å²) >= 11 is 0. The number of amides is 1. The maximum atomic E-state index is 11.7. The highest BCUT2D eigenvalue weighted by Crippen LogP contribution is 2.18. The van der Waals surface area contributed by atoms with Crippen LogP contribution in [0, 0.1) is 0 Å². The van der Waals surface area contributed by atoms with Crippen LogP contribution < -0.4 is 5.32 Å². The quantitative estimate of drug-likeness (QED) is 0.691. The van der Waals surface area contributed by atoms with Gasteiger partial charge in [0, 0.05) is 26.6 Å². The molecule has 1 N–H and O–H groups in total. The minimum absolute atomic E-state index is 0.249. The lowest BCUT2D eigenvalue weighted by Gasteiger charge is -2.24. The molecule has 4 heteroatoms. The van der Waals surface area contributed by atoms with Crippen molar-refractivity contribution in [2.24, 2.45) is 0 Å². The highest BCUT2D eigenvalue weighted by molar-refractivity contribution is 5.77. The zero-order valence-corrected chi connectivity index (χ0v) is 9.08. The Kier molecular flexibility index (Phi) is 4.90. The smallest absolute Gasteiger partial charge is 0.224 e. The fourth-order valence-corrected chi connectivity index (χ4v) is 1.91. The van der Waals surface area contributed by atoms with Crippen molar-refractivity contribution < 1.29 is 9.53 Å².